The van der Waals surface area contributed by atoms with Gasteiger partial charge in [0.05, 0.1) is 13.0 Å². The van der Waals surface area contributed by atoms with E-state index in [0.717, 1.165) is 5.56 Å². The van der Waals surface area contributed by atoms with Crippen molar-refractivity contribution in [3.8, 4) is 0 Å². The first-order valence-electron chi connectivity index (χ1n) is 4.54. The van der Waals surface area contributed by atoms with Crippen molar-refractivity contribution in [2.45, 2.75) is 6.42 Å². The van der Waals surface area contributed by atoms with Crippen LogP contribution in [0.4, 0.5) is 0 Å². The highest BCUT2D eigenvalue weighted by Gasteiger charge is 2.03. The largest absolute Gasteiger partial charge is 0.395 e. The highest BCUT2D eigenvalue weighted by Crippen LogP contribution is 1.95. The summed E-state index contributed by atoms with van der Waals surface area (Å²) in [7, 11) is 1.93. The van der Waals surface area contributed by atoms with Gasteiger partial charge < -0.3 is 10.4 Å². The molecular formula is C10H15N2O2+. The summed E-state index contributed by atoms with van der Waals surface area (Å²) >= 11 is 0. The lowest BCUT2D eigenvalue weighted by Gasteiger charge is -2.01. The number of aliphatic hydroxyl groups is 1. The molecule has 1 aromatic heterocycles. The number of hydrogen-bond acceptors (Lipinski definition) is 2. The maximum atomic E-state index is 11.2. The molecule has 1 rings (SSSR count). The molecule has 0 saturated carbocycles. The van der Waals surface area contributed by atoms with E-state index in [4.69, 9.17) is 5.11 Å². The second kappa shape index (κ2) is 5.34. The molecule has 0 aromatic carbocycles. The Balaban J connectivity index is 2.44. The van der Waals surface area contributed by atoms with Crippen molar-refractivity contribution in [2.75, 3.05) is 13.2 Å². The van der Waals surface area contributed by atoms with Crippen LogP contribution in [0, 0.1) is 0 Å². The van der Waals surface area contributed by atoms with Crippen LogP contribution in [0.2, 0.25) is 0 Å². The summed E-state index contributed by atoms with van der Waals surface area (Å²) in [5, 5.41) is 11.1. The fraction of sp³-hybridized carbons (Fsp3) is 0.400. The second-order valence-electron chi connectivity index (χ2n) is 3.12. The number of carbonyl (C=O) groups is 1. The zero-order valence-corrected chi connectivity index (χ0v) is 8.23. The number of aliphatic hydroxyl groups excluding tert-OH is 1. The Kier molecular flexibility index (Phi) is 4.07. The number of aromatic nitrogens is 1. The topological polar surface area (TPSA) is 53.2 Å². The molecule has 0 aliphatic heterocycles. The zero-order chi connectivity index (χ0) is 10.4. The number of aryl methyl sites for hydroxylation is 1. The van der Waals surface area contributed by atoms with E-state index >= 15 is 0 Å². The number of nitrogens with zero attached hydrogens (tertiary/aromatic N) is 1. The third kappa shape index (κ3) is 3.53. The van der Waals surface area contributed by atoms with Crippen molar-refractivity contribution in [1.82, 2.24) is 5.32 Å². The molecule has 0 unspecified atom stereocenters. The molecule has 0 fully saturated rings. The van der Waals surface area contributed by atoms with Crippen molar-refractivity contribution < 1.29 is 14.5 Å². The van der Waals surface area contributed by atoms with Gasteiger partial charge in [-0.25, -0.2) is 4.57 Å². The number of nitrogens with one attached hydrogen (secondary N) is 1. The zero-order valence-electron chi connectivity index (χ0n) is 8.23. The SMILES string of the molecule is C[n+]1ccc(CC(=O)NCCO)cc1. The van der Waals surface area contributed by atoms with E-state index in [1.54, 1.807) is 0 Å². The van der Waals surface area contributed by atoms with E-state index in [9.17, 15) is 4.79 Å². The Morgan fingerprint density at radius 3 is 2.71 bits per heavy atom. The van der Waals surface area contributed by atoms with Gasteiger partial charge in [-0.1, -0.05) is 0 Å². The standard InChI is InChI=1S/C10H14N2O2/c1-12-5-2-9(3-6-12)8-10(14)11-4-7-13/h2-3,5-6,13H,4,7-8H2,1H3/p+1. The van der Waals surface area contributed by atoms with E-state index in [0.29, 0.717) is 13.0 Å². The summed E-state index contributed by atoms with van der Waals surface area (Å²) in [5.41, 5.74) is 0.971. The van der Waals surface area contributed by atoms with Crippen LogP contribution in [0.5, 0.6) is 0 Å². The highest BCUT2D eigenvalue weighted by atomic mass is 16.3. The second-order valence-corrected chi connectivity index (χ2v) is 3.12. The molecule has 0 radical (unpaired) electrons. The summed E-state index contributed by atoms with van der Waals surface area (Å²) in [6.07, 6.45) is 4.16. The van der Waals surface area contributed by atoms with Crippen LogP contribution in [-0.2, 0) is 18.3 Å². The Morgan fingerprint density at radius 2 is 2.14 bits per heavy atom. The van der Waals surface area contributed by atoms with Crippen LogP contribution in [-0.4, -0.2) is 24.2 Å². The number of hydrogen-bond donors (Lipinski definition) is 2. The molecule has 0 aliphatic carbocycles. The molecule has 1 amide bonds. The minimum Gasteiger partial charge on any atom is -0.395 e. The normalized spacial score (nSPS) is 9.86. The van der Waals surface area contributed by atoms with Crippen LogP contribution in [0.3, 0.4) is 0 Å². The average molecular weight is 195 g/mol. The molecule has 76 valence electrons. The van der Waals surface area contributed by atoms with E-state index in [1.165, 1.54) is 0 Å². The summed E-state index contributed by atoms with van der Waals surface area (Å²) < 4.78 is 1.91. The monoisotopic (exact) mass is 195 g/mol. The fourth-order valence-corrected chi connectivity index (χ4v) is 1.09. The van der Waals surface area contributed by atoms with Crippen LogP contribution in [0.25, 0.3) is 0 Å². The third-order valence-corrected chi connectivity index (χ3v) is 1.85. The molecule has 0 saturated heterocycles. The highest BCUT2D eigenvalue weighted by molar-refractivity contribution is 5.78. The van der Waals surface area contributed by atoms with Gasteiger partial charge in [-0.15, -0.1) is 0 Å². The maximum Gasteiger partial charge on any atom is 0.224 e. The molecule has 4 heteroatoms. The maximum absolute atomic E-state index is 11.2. The fourth-order valence-electron chi connectivity index (χ4n) is 1.09. The van der Waals surface area contributed by atoms with Crippen LogP contribution >= 0.6 is 0 Å². The minimum absolute atomic E-state index is 0.0184. The molecule has 1 heterocycles. The van der Waals surface area contributed by atoms with Crippen molar-refractivity contribution in [2.24, 2.45) is 7.05 Å². The van der Waals surface area contributed by atoms with E-state index in [2.05, 4.69) is 5.32 Å². The summed E-state index contributed by atoms with van der Waals surface area (Å²) in [6.45, 7) is 0.301. The Hall–Kier alpha value is -1.42. The molecule has 2 N–H and O–H groups in total. The van der Waals surface area contributed by atoms with Crippen LogP contribution in [0.1, 0.15) is 5.56 Å². The number of carbonyl (C=O) groups excluding carboxylic acids is 1. The third-order valence-electron chi connectivity index (χ3n) is 1.85. The van der Waals surface area contributed by atoms with Gasteiger partial charge >= 0.3 is 0 Å². The summed E-state index contributed by atoms with van der Waals surface area (Å²) in [5.74, 6) is -0.0621. The molecule has 1 aromatic rings. The van der Waals surface area contributed by atoms with E-state index in [1.807, 2.05) is 36.1 Å². The van der Waals surface area contributed by atoms with Gasteiger partial charge in [-0.05, 0) is 5.56 Å². The molecule has 0 bridgehead atoms. The van der Waals surface area contributed by atoms with Gasteiger partial charge in [0.1, 0.15) is 7.05 Å². The first-order chi connectivity index (χ1) is 6.72. The molecule has 14 heavy (non-hydrogen) atoms. The summed E-state index contributed by atoms with van der Waals surface area (Å²) in [6, 6.07) is 3.80. The molecule has 0 aliphatic rings. The average Bonchev–Trinajstić information content (AvgIpc) is 2.18. The quantitative estimate of drug-likeness (QED) is 0.616. The van der Waals surface area contributed by atoms with Crippen LogP contribution in [0.15, 0.2) is 24.5 Å². The lowest BCUT2D eigenvalue weighted by atomic mass is 10.2. The van der Waals surface area contributed by atoms with Gasteiger partial charge in [0.15, 0.2) is 12.4 Å². The van der Waals surface area contributed by atoms with Crippen molar-refractivity contribution >= 4 is 5.91 Å². The van der Waals surface area contributed by atoms with Gasteiger partial charge in [0, 0.05) is 18.7 Å². The molecular weight excluding hydrogens is 180 g/mol. The number of amides is 1. The van der Waals surface area contributed by atoms with Gasteiger partial charge in [-0.2, -0.15) is 0 Å². The van der Waals surface area contributed by atoms with Crippen molar-refractivity contribution in [1.29, 1.82) is 0 Å². The molecule has 0 spiro atoms. The number of rotatable bonds is 4. The van der Waals surface area contributed by atoms with Gasteiger partial charge in [0.25, 0.3) is 0 Å². The Bertz CT molecular complexity index is 295. The van der Waals surface area contributed by atoms with Crippen LogP contribution < -0.4 is 9.88 Å². The van der Waals surface area contributed by atoms with Gasteiger partial charge in [-0.3, -0.25) is 4.79 Å². The minimum atomic E-state index is -0.0621. The molecule has 4 nitrogen and oxygen atoms in total. The smallest absolute Gasteiger partial charge is 0.224 e. The summed E-state index contributed by atoms with van der Waals surface area (Å²) in [4.78, 5) is 11.2. The van der Waals surface area contributed by atoms with Gasteiger partial charge in [0.2, 0.25) is 5.91 Å². The lowest BCUT2D eigenvalue weighted by Crippen LogP contribution is -2.29. The lowest BCUT2D eigenvalue weighted by molar-refractivity contribution is -0.671. The predicted octanol–water partition coefficient (Wildman–Crippen LogP) is -0.838. The van der Waals surface area contributed by atoms with E-state index in [-0.39, 0.29) is 12.5 Å². The van der Waals surface area contributed by atoms with Crippen molar-refractivity contribution in [3.05, 3.63) is 30.1 Å². The van der Waals surface area contributed by atoms with Crippen molar-refractivity contribution in [3.63, 3.8) is 0 Å². The van der Waals surface area contributed by atoms with E-state index < -0.39 is 0 Å². The first-order valence-corrected chi connectivity index (χ1v) is 4.54. The first kappa shape index (κ1) is 10.7. The predicted molar refractivity (Wildman–Crippen MR) is 51.4 cm³/mol. The Labute approximate surface area is 83.2 Å². The number of pyridine rings is 1. The Morgan fingerprint density at radius 1 is 1.50 bits per heavy atom. The molecule has 0 atom stereocenters.